The Bertz CT molecular complexity index is 901. The molecule has 1 N–H and O–H groups in total. The van der Waals surface area contributed by atoms with Crippen LogP contribution in [0.25, 0.3) is 6.08 Å². The van der Waals surface area contributed by atoms with Crippen molar-refractivity contribution >= 4 is 45.4 Å². The highest BCUT2D eigenvalue weighted by molar-refractivity contribution is 8.18. The van der Waals surface area contributed by atoms with Gasteiger partial charge in [0.15, 0.2) is 5.17 Å². The summed E-state index contributed by atoms with van der Waals surface area (Å²) in [4.78, 5) is 19.4. The fourth-order valence-electron chi connectivity index (χ4n) is 2.41. The second-order valence-electron chi connectivity index (χ2n) is 6.38. The Hall–Kier alpha value is -2.45. The second-order valence-corrected chi connectivity index (χ2v) is 8.43. The van der Waals surface area contributed by atoms with Gasteiger partial charge in [0.1, 0.15) is 10.8 Å². The van der Waals surface area contributed by atoms with Crippen LogP contribution in [0.15, 0.2) is 46.8 Å². The normalized spacial score (nSPS) is 17.4. The molecule has 1 aliphatic heterocycles. The molecule has 0 unspecified atom stereocenters. The standard InChI is InChI=1S/C19H20N4O2S2/c1-4-9-23-17(25)15(11-13-5-7-14(24)8-6-13)26-19(23)20-18-22-21-16(27-18)10-12(2)3/h4-8,11-12,24H,1,9-10H2,2-3H3/b15-11+,20-19?. The van der Waals surface area contributed by atoms with E-state index >= 15 is 0 Å². The Kier molecular flexibility index (Phi) is 6.08. The number of benzene rings is 1. The molecular formula is C19H20N4O2S2. The van der Waals surface area contributed by atoms with E-state index in [1.807, 2.05) is 0 Å². The maximum Gasteiger partial charge on any atom is 0.267 e. The number of hydrogen-bond acceptors (Lipinski definition) is 7. The molecule has 27 heavy (non-hydrogen) atoms. The molecule has 1 aromatic heterocycles. The zero-order valence-corrected chi connectivity index (χ0v) is 16.8. The van der Waals surface area contributed by atoms with Crippen LogP contribution in [0.4, 0.5) is 5.13 Å². The maximum absolute atomic E-state index is 12.7. The SMILES string of the molecule is C=CCN1C(=O)/C(=C\c2ccc(O)cc2)SC1=Nc1nnc(CC(C)C)s1. The van der Waals surface area contributed by atoms with Crippen LogP contribution in [-0.2, 0) is 11.2 Å². The lowest BCUT2D eigenvalue weighted by Crippen LogP contribution is -2.29. The topological polar surface area (TPSA) is 78.7 Å². The molecule has 2 heterocycles. The number of aliphatic imine (C=N–C) groups is 1. The molecule has 0 atom stereocenters. The number of phenolic OH excluding ortho intramolecular Hbond substituents is 1. The molecule has 2 aromatic rings. The van der Waals surface area contributed by atoms with Crippen molar-refractivity contribution in [1.29, 1.82) is 0 Å². The number of nitrogens with zero attached hydrogens (tertiary/aromatic N) is 4. The lowest BCUT2D eigenvalue weighted by atomic mass is 10.1. The third kappa shape index (κ3) is 4.84. The Labute approximate surface area is 166 Å². The minimum absolute atomic E-state index is 0.126. The first-order valence-corrected chi connectivity index (χ1v) is 10.1. The largest absolute Gasteiger partial charge is 0.508 e. The van der Waals surface area contributed by atoms with Crippen LogP contribution in [0.2, 0.25) is 0 Å². The summed E-state index contributed by atoms with van der Waals surface area (Å²) in [5, 5.41) is 19.8. The van der Waals surface area contributed by atoms with E-state index in [1.165, 1.54) is 23.1 Å². The Morgan fingerprint density at radius 1 is 1.30 bits per heavy atom. The maximum atomic E-state index is 12.7. The van der Waals surface area contributed by atoms with Gasteiger partial charge in [0.2, 0.25) is 5.13 Å². The monoisotopic (exact) mass is 400 g/mol. The third-order valence-corrected chi connectivity index (χ3v) is 5.47. The molecule has 0 spiro atoms. The molecule has 1 aromatic carbocycles. The molecule has 1 saturated heterocycles. The number of hydrogen-bond donors (Lipinski definition) is 1. The van der Waals surface area contributed by atoms with Gasteiger partial charge in [-0.25, -0.2) is 0 Å². The second kappa shape index (κ2) is 8.49. The molecule has 3 rings (SSSR count). The summed E-state index contributed by atoms with van der Waals surface area (Å²) in [6.07, 6.45) is 4.31. The van der Waals surface area contributed by atoms with Gasteiger partial charge >= 0.3 is 0 Å². The highest BCUT2D eigenvalue weighted by Crippen LogP contribution is 2.35. The van der Waals surface area contributed by atoms with Crippen molar-refractivity contribution in [3.05, 3.63) is 52.4 Å². The summed E-state index contributed by atoms with van der Waals surface area (Å²) in [6.45, 7) is 8.35. The molecule has 8 heteroatoms. The molecule has 0 aliphatic carbocycles. The van der Waals surface area contributed by atoms with Crippen LogP contribution in [0, 0.1) is 5.92 Å². The van der Waals surface area contributed by atoms with Crippen LogP contribution in [0.3, 0.4) is 0 Å². The van der Waals surface area contributed by atoms with Gasteiger partial charge in [-0.2, -0.15) is 4.99 Å². The summed E-state index contributed by atoms with van der Waals surface area (Å²) in [5.74, 6) is 0.559. The fourth-order valence-corrected chi connectivity index (χ4v) is 4.38. The third-order valence-electron chi connectivity index (χ3n) is 3.62. The van der Waals surface area contributed by atoms with E-state index in [-0.39, 0.29) is 11.7 Å². The minimum Gasteiger partial charge on any atom is -0.508 e. The summed E-state index contributed by atoms with van der Waals surface area (Å²) >= 11 is 2.74. The Morgan fingerprint density at radius 2 is 2.04 bits per heavy atom. The van der Waals surface area contributed by atoms with E-state index in [9.17, 15) is 9.90 Å². The Morgan fingerprint density at radius 3 is 2.70 bits per heavy atom. The van der Waals surface area contributed by atoms with Crippen LogP contribution in [0.1, 0.15) is 24.4 Å². The number of rotatable bonds is 6. The van der Waals surface area contributed by atoms with Gasteiger partial charge in [0, 0.05) is 13.0 Å². The zero-order chi connectivity index (χ0) is 19.4. The van der Waals surface area contributed by atoms with Gasteiger partial charge in [-0.3, -0.25) is 9.69 Å². The lowest BCUT2D eigenvalue weighted by molar-refractivity contribution is -0.121. The number of carbonyl (C=O) groups is 1. The van der Waals surface area contributed by atoms with Crippen molar-refractivity contribution in [1.82, 2.24) is 15.1 Å². The number of amidine groups is 1. The van der Waals surface area contributed by atoms with Crippen molar-refractivity contribution < 1.29 is 9.90 Å². The molecule has 140 valence electrons. The van der Waals surface area contributed by atoms with Crippen molar-refractivity contribution in [3.63, 3.8) is 0 Å². The van der Waals surface area contributed by atoms with E-state index in [2.05, 4.69) is 35.6 Å². The molecule has 0 bridgehead atoms. The van der Waals surface area contributed by atoms with Crippen molar-refractivity contribution in [2.24, 2.45) is 10.9 Å². The quantitative estimate of drug-likeness (QED) is 0.580. The minimum atomic E-state index is -0.126. The van der Waals surface area contributed by atoms with E-state index < -0.39 is 0 Å². The Balaban J connectivity index is 1.87. The number of phenols is 1. The van der Waals surface area contributed by atoms with E-state index in [0.717, 1.165) is 17.0 Å². The van der Waals surface area contributed by atoms with Crippen LogP contribution >= 0.6 is 23.1 Å². The molecule has 1 aliphatic rings. The number of carbonyl (C=O) groups excluding carboxylic acids is 1. The fraction of sp³-hybridized carbons (Fsp3) is 0.263. The smallest absolute Gasteiger partial charge is 0.267 e. The van der Waals surface area contributed by atoms with E-state index in [4.69, 9.17) is 0 Å². The first-order valence-electron chi connectivity index (χ1n) is 8.48. The van der Waals surface area contributed by atoms with Gasteiger partial charge in [0.25, 0.3) is 5.91 Å². The van der Waals surface area contributed by atoms with Crippen molar-refractivity contribution in [3.8, 4) is 5.75 Å². The predicted molar refractivity (Wildman–Crippen MR) is 111 cm³/mol. The van der Waals surface area contributed by atoms with Gasteiger partial charge in [0.05, 0.1) is 4.91 Å². The highest BCUT2D eigenvalue weighted by atomic mass is 32.2. The first kappa shape index (κ1) is 19.3. The average molecular weight is 401 g/mol. The number of aromatic nitrogens is 2. The van der Waals surface area contributed by atoms with Gasteiger partial charge in [-0.1, -0.05) is 43.4 Å². The molecule has 0 radical (unpaired) electrons. The summed E-state index contributed by atoms with van der Waals surface area (Å²) in [6, 6.07) is 6.69. The average Bonchev–Trinajstić information content (AvgIpc) is 3.16. The van der Waals surface area contributed by atoms with Crippen LogP contribution in [0.5, 0.6) is 5.75 Å². The van der Waals surface area contributed by atoms with Crippen LogP contribution in [-0.4, -0.2) is 37.8 Å². The summed E-state index contributed by atoms with van der Waals surface area (Å²) < 4.78 is 0. The molecular weight excluding hydrogens is 380 g/mol. The number of thioether (sulfide) groups is 1. The van der Waals surface area contributed by atoms with E-state index in [1.54, 1.807) is 41.3 Å². The molecule has 0 saturated carbocycles. The summed E-state index contributed by atoms with van der Waals surface area (Å²) in [5.41, 5.74) is 0.832. The molecule has 1 amide bonds. The number of aromatic hydroxyl groups is 1. The van der Waals surface area contributed by atoms with Gasteiger partial charge in [-0.05, 0) is 41.5 Å². The van der Waals surface area contributed by atoms with Gasteiger partial charge < -0.3 is 5.11 Å². The van der Waals surface area contributed by atoms with Crippen LogP contribution < -0.4 is 0 Å². The predicted octanol–water partition coefficient (Wildman–Crippen LogP) is 4.23. The van der Waals surface area contributed by atoms with Crippen molar-refractivity contribution in [2.75, 3.05) is 6.54 Å². The highest BCUT2D eigenvalue weighted by Gasteiger charge is 2.33. The first-order chi connectivity index (χ1) is 13.0. The van der Waals surface area contributed by atoms with Gasteiger partial charge in [-0.15, -0.1) is 16.8 Å². The molecule has 6 nitrogen and oxygen atoms in total. The van der Waals surface area contributed by atoms with Crippen molar-refractivity contribution in [2.45, 2.75) is 20.3 Å². The zero-order valence-electron chi connectivity index (χ0n) is 15.1. The lowest BCUT2D eigenvalue weighted by Gasteiger charge is -2.11. The molecule has 1 fully saturated rings. The summed E-state index contributed by atoms with van der Waals surface area (Å²) in [7, 11) is 0. The number of amides is 1. The van der Waals surface area contributed by atoms with E-state index in [0.29, 0.717) is 27.7 Å².